The standard InChI is InChI=1S/C17H14ClN7O/c1-8-24-14(15-17(25-8)23-7-22-15)13-12(10(18)6-21-16(13)19)9-3-4-11(26-2)20-5-9/h3-7H,1-2H3,(H2,19,21)(H,22,23,24,25). The number of nitrogens with two attached hydrogens (primary N) is 1. The molecule has 0 aliphatic heterocycles. The summed E-state index contributed by atoms with van der Waals surface area (Å²) in [6.45, 7) is 1.79. The van der Waals surface area contributed by atoms with E-state index in [0.29, 0.717) is 50.5 Å². The zero-order valence-corrected chi connectivity index (χ0v) is 14.7. The first-order chi connectivity index (χ1) is 12.6. The average molecular weight is 368 g/mol. The number of methoxy groups -OCH3 is 1. The van der Waals surface area contributed by atoms with Gasteiger partial charge in [-0.25, -0.2) is 24.9 Å². The van der Waals surface area contributed by atoms with Gasteiger partial charge in [0.15, 0.2) is 5.65 Å². The lowest BCUT2D eigenvalue weighted by atomic mass is 9.99. The Kier molecular flexibility index (Phi) is 3.89. The number of imidazole rings is 1. The average Bonchev–Trinajstić information content (AvgIpc) is 3.11. The largest absolute Gasteiger partial charge is 0.481 e. The number of hydrogen-bond donors (Lipinski definition) is 2. The van der Waals surface area contributed by atoms with Crippen LogP contribution in [0.1, 0.15) is 5.82 Å². The van der Waals surface area contributed by atoms with Crippen molar-refractivity contribution in [3.8, 4) is 28.3 Å². The van der Waals surface area contributed by atoms with Crippen molar-refractivity contribution in [2.75, 3.05) is 12.8 Å². The lowest BCUT2D eigenvalue weighted by Crippen LogP contribution is -2.02. The number of anilines is 1. The van der Waals surface area contributed by atoms with Gasteiger partial charge in [0.05, 0.1) is 24.0 Å². The summed E-state index contributed by atoms with van der Waals surface area (Å²) in [6.07, 6.45) is 4.74. The topological polar surface area (TPSA) is 115 Å². The van der Waals surface area contributed by atoms with Gasteiger partial charge in [-0.1, -0.05) is 11.6 Å². The Balaban J connectivity index is 2.04. The van der Waals surface area contributed by atoms with E-state index in [9.17, 15) is 0 Å². The Labute approximate surface area is 153 Å². The lowest BCUT2D eigenvalue weighted by molar-refractivity contribution is 0.398. The van der Waals surface area contributed by atoms with Crippen molar-refractivity contribution in [3.05, 3.63) is 41.7 Å². The highest BCUT2D eigenvalue weighted by atomic mass is 35.5. The minimum atomic E-state index is 0.300. The van der Waals surface area contributed by atoms with Crippen molar-refractivity contribution in [1.29, 1.82) is 0 Å². The number of nitrogen functional groups attached to an aromatic ring is 1. The Morgan fingerprint density at radius 3 is 2.65 bits per heavy atom. The molecule has 0 saturated heterocycles. The number of rotatable bonds is 3. The fourth-order valence-corrected chi connectivity index (χ4v) is 3.05. The molecule has 0 fully saturated rings. The van der Waals surface area contributed by atoms with Gasteiger partial charge in [-0.2, -0.15) is 0 Å². The summed E-state index contributed by atoms with van der Waals surface area (Å²) in [4.78, 5) is 24.6. The van der Waals surface area contributed by atoms with E-state index >= 15 is 0 Å². The van der Waals surface area contributed by atoms with Crippen molar-refractivity contribution < 1.29 is 4.74 Å². The normalized spacial score (nSPS) is 11.0. The summed E-state index contributed by atoms with van der Waals surface area (Å²) >= 11 is 6.48. The second kappa shape index (κ2) is 6.23. The molecule has 0 amide bonds. The van der Waals surface area contributed by atoms with E-state index in [1.54, 1.807) is 32.6 Å². The first-order valence-corrected chi connectivity index (χ1v) is 8.08. The van der Waals surface area contributed by atoms with Crippen molar-refractivity contribution in [3.63, 3.8) is 0 Å². The highest BCUT2D eigenvalue weighted by molar-refractivity contribution is 6.34. The first kappa shape index (κ1) is 16.2. The summed E-state index contributed by atoms with van der Waals surface area (Å²) in [6, 6.07) is 3.61. The Morgan fingerprint density at radius 2 is 1.92 bits per heavy atom. The molecular weight excluding hydrogens is 354 g/mol. The molecule has 0 aliphatic carbocycles. The summed E-state index contributed by atoms with van der Waals surface area (Å²) in [5, 5.41) is 0.435. The number of hydrogen-bond acceptors (Lipinski definition) is 7. The molecule has 0 atom stereocenters. The number of pyridine rings is 2. The van der Waals surface area contributed by atoms with Crippen LogP contribution in [0.4, 0.5) is 5.82 Å². The maximum absolute atomic E-state index is 6.48. The molecule has 0 bridgehead atoms. The SMILES string of the molecule is COc1ccc(-c2c(Cl)cnc(N)c2-c2nc(C)nc3nc[nH]c23)cn1. The van der Waals surface area contributed by atoms with Crippen LogP contribution < -0.4 is 10.5 Å². The number of ether oxygens (including phenoxy) is 1. The molecule has 8 nitrogen and oxygen atoms in total. The summed E-state index contributed by atoms with van der Waals surface area (Å²) in [5.74, 6) is 1.37. The monoisotopic (exact) mass is 367 g/mol. The molecule has 4 aromatic heterocycles. The fraction of sp³-hybridized carbons (Fsp3) is 0.118. The number of nitrogens with zero attached hydrogens (tertiary/aromatic N) is 5. The van der Waals surface area contributed by atoms with Crippen LogP contribution in [0.5, 0.6) is 5.88 Å². The van der Waals surface area contributed by atoms with Crippen molar-refractivity contribution in [1.82, 2.24) is 29.9 Å². The van der Waals surface area contributed by atoms with Crippen LogP contribution in [0.3, 0.4) is 0 Å². The number of halogens is 1. The Bertz CT molecular complexity index is 1110. The number of H-pyrrole nitrogens is 1. The third kappa shape index (κ3) is 2.60. The predicted molar refractivity (Wildman–Crippen MR) is 98.9 cm³/mol. The van der Waals surface area contributed by atoms with Crippen LogP contribution in [0.25, 0.3) is 33.5 Å². The maximum atomic E-state index is 6.48. The van der Waals surface area contributed by atoms with Crippen molar-refractivity contribution in [2.45, 2.75) is 6.92 Å². The molecule has 130 valence electrons. The summed E-state index contributed by atoms with van der Waals surface area (Å²) < 4.78 is 5.12. The van der Waals surface area contributed by atoms with Gasteiger partial charge in [0.25, 0.3) is 0 Å². The number of aryl methyl sites for hydroxylation is 1. The summed E-state index contributed by atoms with van der Waals surface area (Å²) in [7, 11) is 1.56. The molecule has 0 saturated carbocycles. The molecule has 26 heavy (non-hydrogen) atoms. The second-order valence-electron chi connectivity index (χ2n) is 5.55. The lowest BCUT2D eigenvalue weighted by Gasteiger charge is -2.14. The van der Waals surface area contributed by atoms with E-state index in [-0.39, 0.29) is 0 Å². The van der Waals surface area contributed by atoms with Crippen LogP contribution in [0, 0.1) is 6.92 Å². The molecule has 3 N–H and O–H groups in total. The highest BCUT2D eigenvalue weighted by Crippen LogP contribution is 2.41. The number of aromatic nitrogens is 6. The van der Waals surface area contributed by atoms with Crippen LogP contribution in [-0.4, -0.2) is 37.0 Å². The Morgan fingerprint density at radius 1 is 1.08 bits per heavy atom. The smallest absolute Gasteiger partial charge is 0.212 e. The molecule has 4 heterocycles. The summed E-state index contributed by atoms with van der Waals surface area (Å²) in [5.41, 5.74) is 10.1. The van der Waals surface area contributed by atoms with Gasteiger partial charge in [-0.3, -0.25) is 0 Å². The first-order valence-electron chi connectivity index (χ1n) is 7.71. The molecular formula is C17H14ClN7O. The number of aromatic amines is 1. The zero-order chi connectivity index (χ0) is 18.3. The Hall–Kier alpha value is -3.26. The van der Waals surface area contributed by atoms with Crippen molar-refractivity contribution >= 4 is 28.6 Å². The van der Waals surface area contributed by atoms with E-state index in [1.165, 1.54) is 6.20 Å². The minimum Gasteiger partial charge on any atom is -0.481 e. The van der Waals surface area contributed by atoms with Crippen molar-refractivity contribution in [2.24, 2.45) is 0 Å². The van der Waals surface area contributed by atoms with E-state index in [2.05, 4.69) is 29.9 Å². The molecule has 0 radical (unpaired) electrons. The molecule has 4 aromatic rings. The van der Waals surface area contributed by atoms with E-state index < -0.39 is 0 Å². The van der Waals surface area contributed by atoms with Gasteiger partial charge in [0.2, 0.25) is 5.88 Å². The van der Waals surface area contributed by atoms with Crippen LogP contribution in [0.2, 0.25) is 5.02 Å². The highest BCUT2D eigenvalue weighted by Gasteiger charge is 2.21. The van der Waals surface area contributed by atoms with Gasteiger partial charge in [-0.05, 0) is 13.0 Å². The fourth-order valence-electron chi connectivity index (χ4n) is 2.80. The number of nitrogens with one attached hydrogen (secondary N) is 1. The minimum absolute atomic E-state index is 0.300. The van der Waals surface area contributed by atoms with E-state index in [1.807, 2.05) is 6.07 Å². The van der Waals surface area contributed by atoms with Gasteiger partial charge < -0.3 is 15.5 Å². The molecule has 0 aliphatic rings. The van der Waals surface area contributed by atoms with Gasteiger partial charge >= 0.3 is 0 Å². The molecule has 9 heteroatoms. The third-order valence-electron chi connectivity index (χ3n) is 3.93. The van der Waals surface area contributed by atoms with Gasteiger partial charge in [-0.15, -0.1) is 0 Å². The zero-order valence-electron chi connectivity index (χ0n) is 14.0. The number of fused-ring (bicyclic) bond motifs is 1. The van der Waals surface area contributed by atoms with Crippen LogP contribution >= 0.6 is 11.6 Å². The van der Waals surface area contributed by atoms with E-state index in [4.69, 9.17) is 22.1 Å². The molecule has 0 unspecified atom stereocenters. The van der Waals surface area contributed by atoms with E-state index in [0.717, 1.165) is 5.56 Å². The molecule has 0 spiro atoms. The van der Waals surface area contributed by atoms with Crippen LogP contribution in [0.15, 0.2) is 30.9 Å². The third-order valence-corrected chi connectivity index (χ3v) is 4.22. The second-order valence-corrected chi connectivity index (χ2v) is 5.96. The van der Waals surface area contributed by atoms with Gasteiger partial charge in [0, 0.05) is 29.6 Å². The maximum Gasteiger partial charge on any atom is 0.212 e. The van der Waals surface area contributed by atoms with Crippen LogP contribution in [-0.2, 0) is 0 Å². The quantitative estimate of drug-likeness (QED) is 0.571. The molecule has 0 aromatic carbocycles. The predicted octanol–water partition coefficient (Wildman–Crippen LogP) is 3.03. The van der Waals surface area contributed by atoms with Gasteiger partial charge in [0.1, 0.15) is 22.9 Å². The molecule has 4 rings (SSSR count).